The second kappa shape index (κ2) is 7.24. The zero-order valence-electron chi connectivity index (χ0n) is 17.2. The van der Waals surface area contributed by atoms with Crippen LogP contribution in [0.25, 0.3) is 33.3 Å². The fourth-order valence-corrected chi connectivity index (χ4v) is 3.85. The van der Waals surface area contributed by atoms with Crippen molar-refractivity contribution in [1.82, 2.24) is 4.98 Å². The monoisotopic (exact) mass is 365 g/mol. The van der Waals surface area contributed by atoms with Gasteiger partial charge in [-0.3, -0.25) is 0 Å². The van der Waals surface area contributed by atoms with Crippen LogP contribution in [0.15, 0.2) is 78.9 Å². The van der Waals surface area contributed by atoms with Gasteiger partial charge in [-0.15, -0.1) is 0 Å². The van der Waals surface area contributed by atoms with Crippen LogP contribution in [-0.2, 0) is 6.42 Å². The van der Waals surface area contributed by atoms with Crippen molar-refractivity contribution in [3.63, 3.8) is 0 Å². The van der Waals surface area contributed by atoms with Gasteiger partial charge in [0, 0.05) is 10.9 Å². The van der Waals surface area contributed by atoms with Gasteiger partial charge in [0.05, 0.1) is 11.2 Å². The maximum atomic E-state index is 4.98. The largest absolute Gasteiger partial charge is 0.248 e. The predicted octanol–water partition coefficient (Wildman–Crippen LogP) is 7.47. The number of nitrogens with zero attached hydrogens (tertiary/aromatic N) is 1. The van der Waals surface area contributed by atoms with E-state index < -0.39 is 0 Å². The number of hydrogen-bond acceptors (Lipinski definition) is 1. The molecule has 0 bridgehead atoms. The average molecular weight is 366 g/mol. The Morgan fingerprint density at radius 3 is 2.21 bits per heavy atom. The van der Waals surface area contributed by atoms with Crippen molar-refractivity contribution in [2.75, 3.05) is 0 Å². The van der Waals surface area contributed by atoms with Crippen LogP contribution in [0, 0.1) is 12.3 Å². The smallest absolute Gasteiger partial charge is 0.0739 e. The molecule has 0 radical (unpaired) electrons. The van der Waals surface area contributed by atoms with Gasteiger partial charge in [-0.25, -0.2) is 4.98 Å². The van der Waals surface area contributed by atoms with Crippen LogP contribution in [0.2, 0.25) is 0 Å². The molecule has 1 heteroatoms. The first-order valence-electron chi connectivity index (χ1n) is 9.96. The molecule has 0 aliphatic rings. The number of para-hydroxylation sites is 1. The molecule has 1 aromatic heterocycles. The number of benzene rings is 3. The van der Waals surface area contributed by atoms with Crippen LogP contribution in [0.3, 0.4) is 0 Å². The molecule has 140 valence electrons. The van der Waals surface area contributed by atoms with Crippen LogP contribution in [-0.4, -0.2) is 4.98 Å². The molecule has 0 atom stereocenters. The Morgan fingerprint density at radius 2 is 1.46 bits per heavy atom. The molecule has 0 aliphatic carbocycles. The molecule has 3 aromatic carbocycles. The molecule has 0 spiro atoms. The minimum absolute atomic E-state index is 0.238. The minimum atomic E-state index is 0.238. The van der Waals surface area contributed by atoms with Gasteiger partial charge in [0.15, 0.2) is 0 Å². The van der Waals surface area contributed by atoms with Gasteiger partial charge >= 0.3 is 0 Å². The van der Waals surface area contributed by atoms with Crippen molar-refractivity contribution in [2.24, 2.45) is 5.41 Å². The highest BCUT2D eigenvalue weighted by molar-refractivity contribution is 5.84. The summed E-state index contributed by atoms with van der Waals surface area (Å²) in [6.45, 7) is 9.04. The minimum Gasteiger partial charge on any atom is -0.248 e. The quantitative estimate of drug-likeness (QED) is 0.367. The summed E-state index contributed by atoms with van der Waals surface area (Å²) in [6, 6.07) is 28.1. The Bertz CT molecular complexity index is 1120. The van der Waals surface area contributed by atoms with Gasteiger partial charge in [-0.2, -0.15) is 0 Å². The summed E-state index contributed by atoms with van der Waals surface area (Å²) in [5.74, 6) is 0. The number of aromatic nitrogens is 1. The molecule has 0 N–H and O–H groups in total. The number of fused-ring (bicyclic) bond motifs is 1. The third-order valence-electron chi connectivity index (χ3n) is 5.10. The SMILES string of the molecule is Cc1cc2ccccc2nc1-c1ccc(CC(C)(C)C)c(-c2ccccc2)c1. The molecular formula is C27H27N. The van der Waals surface area contributed by atoms with Crippen LogP contribution in [0.1, 0.15) is 31.9 Å². The molecule has 0 saturated heterocycles. The van der Waals surface area contributed by atoms with E-state index in [-0.39, 0.29) is 5.41 Å². The lowest BCUT2D eigenvalue weighted by Crippen LogP contribution is -2.10. The van der Waals surface area contributed by atoms with Crippen LogP contribution < -0.4 is 0 Å². The summed E-state index contributed by atoms with van der Waals surface area (Å²) in [5, 5.41) is 1.19. The number of rotatable bonds is 3. The van der Waals surface area contributed by atoms with Crippen molar-refractivity contribution in [3.05, 3.63) is 90.0 Å². The predicted molar refractivity (Wildman–Crippen MR) is 121 cm³/mol. The first-order valence-corrected chi connectivity index (χ1v) is 9.96. The van der Waals surface area contributed by atoms with E-state index in [4.69, 9.17) is 4.98 Å². The van der Waals surface area contributed by atoms with Gasteiger partial charge in [0.2, 0.25) is 0 Å². The Labute approximate surface area is 168 Å². The van der Waals surface area contributed by atoms with Crippen molar-refractivity contribution in [1.29, 1.82) is 0 Å². The van der Waals surface area contributed by atoms with E-state index in [9.17, 15) is 0 Å². The van der Waals surface area contributed by atoms with E-state index in [1.165, 1.54) is 33.2 Å². The van der Waals surface area contributed by atoms with Crippen molar-refractivity contribution in [2.45, 2.75) is 34.1 Å². The van der Waals surface area contributed by atoms with Crippen molar-refractivity contribution >= 4 is 10.9 Å². The van der Waals surface area contributed by atoms with Crippen molar-refractivity contribution in [3.8, 4) is 22.4 Å². The molecule has 0 unspecified atom stereocenters. The second-order valence-corrected chi connectivity index (χ2v) is 8.82. The Hall–Kier alpha value is -2.93. The normalized spacial score (nSPS) is 11.7. The highest BCUT2D eigenvalue weighted by Crippen LogP contribution is 2.34. The summed E-state index contributed by atoms with van der Waals surface area (Å²) >= 11 is 0. The van der Waals surface area contributed by atoms with Crippen LogP contribution >= 0.6 is 0 Å². The molecule has 4 aromatic rings. The molecule has 0 fully saturated rings. The Balaban J connectivity index is 1.88. The summed E-state index contributed by atoms with van der Waals surface area (Å²) in [5.41, 5.74) is 8.70. The summed E-state index contributed by atoms with van der Waals surface area (Å²) < 4.78 is 0. The standard InChI is InChI=1S/C27H27N/c1-19-16-21-12-8-9-13-25(21)28-26(19)22-14-15-23(18-27(2,3)4)24(17-22)20-10-6-5-7-11-20/h5-17H,18H2,1-4H3. The number of hydrogen-bond donors (Lipinski definition) is 0. The van der Waals surface area contributed by atoms with Crippen molar-refractivity contribution < 1.29 is 0 Å². The molecule has 1 heterocycles. The number of aryl methyl sites for hydroxylation is 1. The van der Waals surface area contributed by atoms with E-state index in [1.54, 1.807) is 0 Å². The van der Waals surface area contributed by atoms with E-state index in [0.29, 0.717) is 0 Å². The van der Waals surface area contributed by atoms with Gasteiger partial charge in [0.25, 0.3) is 0 Å². The Kier molecular flexibility index (Phi) is 4.77. The maximum absolute atomic E-state index is 4.98. The van der Waals surface area contributed by atoms with Gasteiger partial charge < -0.3 is 0 Å². The number of pyridine rings is 1. The lowest BCUT2D eigenvalue weighted by molar-refractivity contribution is 0.412. The third kappa shape index (κ3) is 3.84. The maximum Gasteiger partial charge on any atom is 0.0739 e. The first kappa shape index (κ1) is 18.4. The lowest BCUT2D eigenvalue weighted by atomic mass is 9.84. The lowest BCUT2D eigenvalue weighted by Gasteiger charge is -2.21. The fraction of sp³-hybridized carbons (Fsp3) is 0.222. The molecule has 4 rings (SSSR count). The van der Waals surface area contributed by atoms with E-state index in [2.05, 4.69) is 107 Å². The third-order valence-corrected chi connectivity index (χ3v) is 5.10. The summed E-state index contributed by atoms with van der Waals surface area (Å²) in [6.07, 6.45) is 1.04. The van der Waals surface area contributed by atoms with Gasteiger partial charge in [-0.05, 0) is 59.2 Å². The van der Waals surface area contributed by atoms with Crippen LogP contribution in [0.4, 0.5) is 0 Å². The highest BCUT2D eigenvalue weighted by atomic mass is 14.7. The van der Waals surface area contributed by atoms with Gasteiger partial charge in [-0.1, -0.05) is 81.4 Å². The molecule has 1 nitrogen and oxygen atoms in total. The second-order valence-electron chi connectivity index (χ2n) is 8.82. The van der Waals surface area contributed by atoms with E-state index >= 15 is 0 Å². The average Bonchev–Trinajstić information content (AvgIpc) is 2.67. The summed E-state index contributed by atoms with van der Waals surface area (Å²) in [7, 11) is 0. The molecule has 0 amide bonds. The molecular weight excluding hydrogens is 338 g/mol. The Morgan fingerprint density at radius 1 is 0.750 bits per heavy atom. The molecule has 28 heavy (non-hydrogen) atoms. The van der Waals surface area contributed by atoms with Gasteiger partial charge in [0.1, 0.15) is 0 Å². The molecule has 0 saturated carbocycles. The first-order chi connectivity index (χ1) is 13.4. The topological polar surface area (TPSA) is 12.9 Å². The van der Waals surface area contributed by atoms with E-state index in [1.807, 2.05) is 0 Å². The van der Waals surface area contributed by atoms with Crippen LogP contribution in [0.5, 0.6) is 0 Å². The fourth-order valence-electron chi connectivity index (χ4n) is 3.85. The summed E-state index contributed by atoms with van der Waals surface area (Å²) in [4.78, 5) is 4.98. The zero-order valence-corrected chi connectivity index (χ0v) is 17.2. The molecule has 0 aliphatic heterocycles. The highest BCUT2D eigenvalue weighted by Gasteiger charge is 2.16. The van der Waals surface area contributed by atoms with E-state index in [0.717, 1.165) is 17.6 Å². The zero-order chi connectivity index (χ0) is 19.7.